The minimum Gasteiger partial charge on any atom is -0.338 e. The minimum absolute atomic E-state index is 0.329. The molecule has 3 heteroatoms. The molecule has 96 valence electrons. The standard InChI is InChI=1S/C15H20N2O/c18-15(7-6-12-4-2-1-3-5-12)17-9-8-13-10-16-11-14(13)17/h1-5,13-14,16H,6-11H2/t13-,14+/m0/s1. The molecule has 1 aromatic carbocycles. The van der Waals surface area contributed by atoms with Crippen LogP contribution in [-0.4, -0.2) is 36.5 Å². The smallest absolute Gasteiger partial charge is 0.223 e. The SMILES string of the molecule is O=C(CCc1ccccc1)N1CC[C@H]2CNC[C@H]21. The quantitative estimate of drug-likeness (QED) is 0.872. The predicted octanol–water partition coefficient (Wildman–Crippen LogP) is 1.44. The van der Waals surface area contributed by atoms with Crippen LogP contribution in [0.2, 0.25) is 0 Å². The fraction of sp³-hybridized carbons (Fsp3) is 0.533. The van der Waals surface area contributed by atoms with Crippen molar-refractivity contribution in [1.29, 1.82) is 0 Å². The van der Waals surface area contributed by atoms with Crippen LogP contribution in [-0.2, 0) is 11.2 Å². The van der Waals surface area contributed by atoms with Crippen LogP contribution in [0.15, 0.2) is 30.3 Å². The van der Waals surface area contributed by atoms with Crippen LogP contribution in [0.25, 0.3) is 0 Å². The molecule has 0 unspecified atom stereocenters. The van der Waals surface area contributed by atoms with E-state index in [-0.39, 0.29) is 0 Å². The van der Waals surface area contributed by atoms with Gasteiger partial charge in [-0.25, -0.2) is 0 Å². The van der Waals surface area contributed by atoms with Crippen LogP contribution in [0.4, 0.5) is 0 Å². The van der Waals surface area contributed by atoms with Crippen molar-refractivity contribution in [3.63, 3.8) is 0 Å². The first-order valence-corrected chi connectivity index (χ1v) is 6.89. The summed E-state index contributed by atoms with van der Waals surface area (Å²) in [5.41, 5.74) is 1.26. The summed E-state index contributed by atoms with van der Waals surface area (Å²) in [6.07, 6.45) is 2.68. The summed E-state index contributed by atoms with van der Waals surface area (Å²) >= 11 is 0. The largest absolute Gasteiger partial charge is 0.338 e. The average molecular weight is 244 g/mol. The van der Waals surface area contributed by atoms with Gasteiger partial charge in [-0.3, -0.25) is 4.79 Å². The fourth-order valence-corrected chi connectivity index (χ4v) is 3.20. The Hall–Kier alpha value is -1.35. The second-order valence-electron chi connectivity index (χ2n) is 5.35. The van der Waals surface area contributed by atoms with Gasteiger partial charge in [-0.1, -0.05) is 30.3 Å². The van der Waals surface area contributed by atoms with Crippen molar-refractivity contribution < 1.29 is 4.79 Å². The van der Waals surface area contributed by atoms with Crippen LogP contribution in [0.1, 0.15) is 18.4 Å². The maximum absolute atomic E-state index is 12.3. The van der Waals surface area contributed by atoms with Gasteiger partial charge in [-0.05, 0) is 24.3 Å². The molecule has 2 saturated heterocycles. The van der Waals surface area contributed by atoms with E-state index in [0.29, 0.717) is 24.3 Å². The first kappa shape index (κ1) is 11.7. The van der Waals surface area contributed by atoms with Crippen molar-refractivity contribution in [3.05, 3.63) is 35.9 Å². The topological polar surface area (TPSA) is 32.3 Å². The maximum Gasteiger partial charge on any atom is 0.223 e. The molecule has 2 heterocycles. The highest BCUT2D eigenvalue weighted by molar-refractivity contribution is 5.77. The lowest BCUT2D eigenvalue weighted by Crippen LogP contribution is -2.39. The van der Waals surface area contributed by atoms with E-state index in [1.807, 2.05) is 18.2 Å². The summed E-state index contributed by atoms with van der Waals surface area (Å²) < 4.78 is 0. The highest BCUT2D eigenvalue weighted by Gasteiger charge is 2.39. The lowest BCUT2D eigenvalue weighted by Gasteiger charge is -2.23. The average Bonchev–Trinajstić information content (AvgIpc) is 2.99. The number of hydrogen-bond acceptors (Lipinski definition) is 2. The molecule has 2 aliphatic heterocycles. The Morgan fingerprint density at radius 1 is 1.28 bits per heavy atom. The predicted molar refractivity (Wildman–Crippen MR) is 71.2 cm³/mol. The minimum atomic E-state index is 0.329. The Morgan fingerprint density at radius 2 is 2.11 bits per heavy atom. The number of nitrogens with one attached hydrogen (secondary N) is 1. The van der Waals surface area contributed by atoms with Crippen LogP contribution >= 0.6 is 0 Å². The lowest BCUT2D eigenvalue weighted by atomic mass is 10.0. The molecule has 0 aliphatic carbocycles. The van der Waals surface area contributed by atoms with Crippen LogP contribution in [0, 0.1) is 5.92 Å². The molecular formula is C15H20N2O. The molecule has 0 aromatic heterocycles. The Bertz CT molecular complexity index is 418. The zero-order valence-corrected chi connectivity index (χ0v) is 10.6. The van der Waals surface area contributed by atoms with Gasteiger partial charge in [0.05, 0.1) is 0 Å². The summed E-state index contributed by atoms with van der Waals surface area (Å²) in [7, 11) is 0. The summed E-state index contributed by atoms with van der Waals surface area (Å²) in [6, 6.07) is 10.7. The number of likely N-dealkylation sites (tertiary alicyclic amines) is 1. The third-order valence-electron chi connectivity index (χ3n) is 4.24. The van der Waals surface area contributed by atoms with Gasteiger partial charge in [0.25, 0.3) is 0 Å². The van der Waals surface area contributed by atoms with Crippen molar-refractivity contribution in [3.8, 4) is 0 Å². The van der Waals surface area contributed by atoms with Crippen LogP contribution in [0.3, 0.4) is 0 Å². The van der Waals surface area contributed by atoms with Gasteiger partial charge in [0, 0.05) is 32.1 Å². The number of fused-ring (bicyclic) bond motifs is 1. The van der Waals surface area contributed by atoms with E-state index in [1.54, 1.807) is 0 Å². The number of amides is 1. The molecule has 1 aromatic rings. The molecule has 18 heavy (non-hydrogen) atoms. The number of nitrogens with zero attached hydrogens (tertiary/aromatic N) is 1. The molecule has 3 rings (SSSR count). The Morgan fingerprint density at radius 3 is 2.94 bits per heavy atom. The molecule has 2 fully saturated rings. The molecular weight excluding hydrogens is 224 g/mol. The van der Waals surface area contributed by atoms with E-state index >= 15 is 0 Å². The zero-order valence-electron chi connectivity index (χ0n) is 10.6. The van der Waals surface area contributed by atoms with E-state index in [2.05, 4.69) is 22.3 Å². The Labute approximate surface area is 108 Å². The van der Waals surface area contributed by atoms with E-state index < -0.39 is 0 Å². The monoisotopic (exact) mass is 244 g/mol. The van der Waals surface area contributed by atoms with Gasteiger partial charge >= 0.3 is 0 Å². The van der Waals surface area contributed by atoms with E-state index in [9.17, 15) is 4.79 Å². The zero-order chi connectivity index (χ0) is 12.4. The number of carbonyl (C=O) groups excluding carboxylic acids is 1. The third-order valence-corrected chi connectivity index (χ3v) is 4.24. The lowest BCUT2D eigenvalue weighted by molar-refractivity contribution is -0.131. The van der Waals surface area contributed by atoms with Gasteiger partial charge in [0.1, 0.15) is 0 Å². The first-order valence-electron chi connectivity index (χ1n) is 6.89. The van der Waals surface area contributed by atoms with Gasteiger partial charge < -0.3 is 10.2 Å². The maximum atomic E-state index is 12.3. The van der Waals surface area contributed by atoms with Gasteiger partial charge in [0.2, 0.25) is 5.91 Å². The Kier molecular flexibility index (Phi) is 3.33. The number of hydrogen-bond donors (Lipinski definition) is 1. The number of benzene rings is 1. The summed E-state index contributed by atoms with van der Waals surface area (Å²) in [6.45, 7) is 3.04. The second-order valence-corrected chi connectivity index (χ2v) is 5.35. The Balaban J connectivity index is 1.56. The van der Waals surface area contributed by atoms with Crippen molar-refractivity contribution in [1.82, 2.24) is 10.2 Å². The highest BCUT2D eigenvalue weighted by Crippen LogP contribution is 2.27. The first-order chi connectivity index (χ1) is 8.84. The highest BCUT2D eigenvalue weighted by atomic mass is 16.2. The van der Waals surface area contributed by atoms with Crippen molar-refractivity contribution >= 4 is 5.91 Å². The summed E-state index contributed by atoms with van der Waals surface area (Å²) in [4.78, 5) is 14.4. The molecule has 0 saturated carbocycles. The third kappa shape index (κ3) is 2.27. The van der Waals surface area contributed by atoms with E-state index in [4.69, 9.17) is 0 Å². The van der Waals surface area contributed by atoms with Gasteiger partial charge in [0.15, 0.2) is 0 Å². The molecule has 2 aliphatic rings. The van der Waals surface area contributed by atoms with Crippen LogP contribution < -0.4 is 5.32 Å². The summed E-state index contributed by atoms with van der Waals surface area (Å²) in [5.74, 6) is 1.03. The molecule has 1 N–H and O–H groups in total. The molecule has 2 atom stereocenters. The normalized spacial score (nSPS) is 26.3. The molecule has 0 bridgehead atoms. The summed E-state index contributed by atoms with van der Waals surface area (Å²) in [5, 5.41) is 3.39. The fourth-order valence-electron chi connectivity index (χ4n) is 3.20. The molecule has 1 amide bonds. The van der Waals surface area contributed by atoms with Crippen LogP contribution in [0.5, 0.6) is 0 Å². The van der Waals surface area contributed by atoms with Crippen molar-refractivity contribution in [2.45, 2.75) is 25.3 Å². The number of aryl methyl sites for hydroxylation is 1. The molecule has 0 spiro atoms. The van der Waals surface area contributed by atoms with Crippen molar-refractivity contribution in [2.75, 3.05) is 19.6 Å². The van der Waals surface area contributed by atoms with Gasteiger partial charge in [-0.15, -0.1) is 0 Å². The second kappa shape index (κ2) is 5.11. The van der Waals surface area contributed by atoms with Gasteiger partial charge in [-0.2, -0.15) is 0 Å². The number of carbonyl (C=O) groups is 1. The van der Waals surface area contributed by atoms with E-state index in [0.717, 1.165) is 26.1 Å². The van der Waals surface area contributed by atoms with Crippen molar-refractivity contribution in [2.24, 2.45) is 5.92 Å². The molecule has 0 radical (unpaired) electrons. The molecule has 3 nitrogen and oxygen atoms in total. The van der Waals surface area contributed by atoms with E-state index in [1.165, 1.54) is 12.0 Å². The number of rotatable bonds is 3.